The summed E-state index contributed by atoms with van der Waals surface area (Å²) in [6, 6.07) is 14.0. The van der Waals surface area contributed by atoms with Crippen molar-refractivity contribution < 1.29 is 18.3 Å². The van der Waals surface area contributed by atoms with E-state index in [2.05, 4.69) is 21.2 Å². The quantitative estimate of drug-likeness (QED) is 0.574. The fourth-order valence-corrected chi connectivity index (χ4v) is 2.76. The highest BCUT2D eigenvalue weighted by Gasteiger charge is 2.13. The maximum Gasteiger partial charge on any atom is 0.291 e. The van der Waals surface area contributed by atoms with E-state index >= 15 is 0 Å². The molecule has 0 bridgehead atoms. The van der Waals surface area contributed by atoms with Gasteiger partial charge in [0.05, 0.1) is 10.7 Å². The van der Waals surface area contributed by atoms with Crippen LogP contribution in [0.1, 0.15) is 16.3 Å². The smallest absolute Gasteiger partial charge is 0.291 e. The van der Waals surface area contributed by atoms with Crippen LogP contribution in [0.15, 0.2) is 63.5 Å². The summed E-state index contributed by atoms with van der Waals surface area (Å²) in [5, 5.41) is 3.09. The Balaban J connectivity index is 1.62. The molecule has 25 heavy (non-hydrogen) atoms. The predicted molar refractivity (Wildman–Crippen MR) is 96.5 cm³/mol. The van der Waals surface area contributed by atoms with Gasteiger partial charge in [-0.15, -0.1) is 0 Å². The molecular formula is C18H12BrClFNO3. The number of ether oxygens (including phenoxy) is 1. The number of hydrogen-bond donors (Lipinski definition) is 1. The van der Waals surface area contributed by atoms with Crippen LogP contribution in [0.2, 0.25) is 5.02 Å². The van der Waals surface area contributed by atoms with E-state index in [0.717, 1.165) is 4.47 Å². The molecule has 0 unspecified atom stereocenters. The normalized spacial score (nSPS) is 10.5. The summed E-state index contributed by atoms with van der Waals surface area (Å²) >= 11 is 9.37. The average molecular weight is 425 g/mol. The molecule has 128 valence electrons. The molecule has 1 amide bonds. The van der Waals surface area contributed by atoms with Crippen molar-refractivity contribution in [3.8, 4) is 5.75 Å². The Labute approximate surface area is 156 Å². The lowest BCUT2D eigenvalue weighted by atomic mass is 10.3. The van der Waals surface area contributed by atoms with Crippen molar-refractivity contribution in [2.24, 2.45) is 0 Å². The van der Waals surface area contributed by atoms with E-state index in [-0.39, 0.29) is 18.2 Å². The first kappa shape index (κ1) is 17.5. The minimum Gasteiger partial charge on any atom is -0.486 e. The maximum atomic E-state index is 12.8. The molecule has 0 atom stereocenters. The molecule has 0 saturated carbocycles. The van der Waals surface area contributed by atoms with Gasteiger partial charge in [-0.1, -0.05) is 27.5 Å². The van der Waals surface area contributed by atoms with Crippen LogP contribution in [0.3, 0.4) is 0 Å². The van der Waals surface area contributed by atoms with Gasteiger partial charge in [-0.05, 0) is 54.6 Å². The van der Waals surface area contributed by atoms with Crippen molar-refractivity contribution in [3.05, 3.63) is 81.4 Å². The van der Waals surface area contributed by atoms with Crippen molar-refractivity contribution in [3.63, 3.8) is 0 Å². The molecule has 0 spiro atoms. The van der Waals surface area contributed by atoms with Gasteiger partial charge in [0.2, 0.25) is 0 Å². The first-order valence-electron chi connectivity index (χ1n) is 7.25. The van der Waals surface area contributed by atoms with Gasteiger partial charge in [0.1, 0.15) is 23.9 Å². The molecule has 0 aliphatic heterocycles. The highest BCUT2D eigenvalue weighted by atomic mass is 79.9. The third-order valence-corrected chi connectivity index (χ3v) is 4.07. The Hall–Kier alpha value is -2.31. The summed E-state index contributed by atoms with van der Waals surface area (Å²) < 4.78 is 24.6. The molecule has 1 N–H and O–H groups in total. The van der Waals surface area contributed by atoms with Crippen LogP contribution in [0, 0.1) is 5.82 Å². The van der Waals surface area contributed by atoms with Crippen LogP contribution in [0.4, 0.5) is 10.1 Å². The van der Waals surface area contributed by atoms with Gasteiger partial charge in [0, 0.05) is 4.47 Å². The summed E-state index contributed by atoms with van der Waals surface area (Å²) in [5.41, 5.74) is 0.482. The lowest BCUT2D eigenvalue weighted by molar-refractivity contribution is 0.0992. The topological polar surface area (TPSA) is 51.5 Å². The Kier molecular flexibility index (Phi) is 5.40. The summed E-state index contributed by atoms with van der Waals surface area (Å²) in [6.07, 6.45) is 0. The fraction of sp³-hybridized carbons (Fsp3) is 0.0556. The molecule has 3 rings (SSSR count). The highest BCUT2D eigenvalue weighted by molar-refractivity contribution is 9.10. The highest BCUT2D eigenvalue weighted by Crippen LogP contribution is 2.26. The van der Waals surface area contributed by atoms with Crippen molar-refractivity contribution >= 4 is 39.1 Å². The second-order valence-corrected chi connectivity index (χ2v) is 6.41. The van der Waals surface area contributed by atoms with Crippen LogP contribution < -0.4 is 10.1 Å². The molecule has 0 aliphatic carbocycles. The van der Waals surface area contributed by atoms with Gasteiger partial charge < -0.3 is 14.5 Å². The van der Waals surface area contributed by atoms with Crippen molar-refractivity contribution in [2.45, 2.75) is 6.61 Å². The largest absolute Gasteiger partial charge is 0.486 e. The van der Waals surface area contributed by atoms with E-state index in [0.29, 0.717) is 22.2 Å². The van der Waals surface area contributed by atoms with E-state index in [4.69, 9.17) is 20.8 Å². The zero-order valence-electron chi connectivity index (χ0n) is 12.8. The number of furan rings is 1. The molecule has 1 aromatic heterocycles. The molecule has 0 saturated heterocycles. The number of benzene rings is 2. The standard InChI is InChI=1S/C18H12BrClFNO3/c19-11-1-7-16(15(20)9-11)22-18(23)17-8-6-14(25-17)10-24-13-4-2-12(21)3-5-13/h1-9H,10H2,(H,22,23). The molecule has 0 fully saturated rings. The number of halogens is 3. The van der Waals surface area contributed by atoms with Crippen molar-refractivity contribution in [1.82, 2.24) is 0 Å². The van der Waals surface area contributed by atoms with E-state index in [1.807, 2.05) is 0 Å². The lowest BCUT2D eigenvalue weighted by Crippen LogP contribution is -2.11. The third-order valence-electron chi connectivity index (χ3n) is 3.26. The Morgan fingerprint density at radius 1 is 1.16 bits per heavy atom. The van der Waals surface area contributed by atoms with E-state index in [1.54, 1.807) is 30.3 Å². The lowest BCUT2D eigenvalue weighted by Gasteiger charge is -2.06. The van der Waals surface area contributed by atoms with Gasteiger partial charge >= 0.3 is 0 Å². The minimum atomic E-state index is -0.419. The fourth-order valence-electron chi connectivity index (χ4n) is 2.04. The molecule has 4 nitrogen and oxygen atoms in total. The zero-order valence-corrected chi connectivity index (χ0v) is 15.1. The number of amides is 1. The van der Waals surface area contributed by atoms with Crippen LogP contribution >= 0.6 is 27.5 Å². The van der Waals surface area contributed by atoms with Gasteiger partial charge in [-0.25, -0.2) is 4.39 Å². The van der Waals surface area contributed by atoms with Gasteiger partial charge in [0.25, 0.3) is 5.91 Å². The summed E-state index contributed by atoms with van der Waals surface area (Å²) in [7, 11) is 0. The zero-order chi connectivity index (χ0) is 17.8. The molecule has 2 aromatic carbocycles. The van der Waals surface area contributed by atoms with Gasteiger partial charge in [-0.3, -0.25) is 4.79 Å². The molecule has 0 aliphatic rings. The summed E-state index contributed by atoms with van der Waals surface area (Å²) in [5.74, 6) is 0.353. The average Bonchev–Trinajstić information content (AvgIpc) is 3.06. The van der Waals surface area contributed by atoms with E-state index < -0.39 is 5.91 Å². The van der Waals surface area contributed by atoms with Crippen LogP contribution in [0.5, 0.6) is 5.75 Å². The second-order valence-electron chi connectivity index (χ2n) is 5.09. The molecule has 1 heterocycles. The number of carbonyl (C=O) groups is 1. The number of anilines is 1. The van der Waals surface area contributed by atoms with Crippen molar-refractivity contribution in [1.29, 1.82) is 0 Å². The second kappa shape index (κ2) is 7.72. The van der Waals surface area contributed by atoms with Crippen LogP contribution in [-0.2, 0) is 6.61 Å². The van der Waals surface area contributed by atoms with Gasteiger partial charge in [-0.2, -0.15) is 0 Å². The predicted octanol–water partition coefficient (Wildman–Crippen LogP) is 5.67. The first-order valence-corrected chi connectivity index (χ1v) is 8.42. The van der Waals surface area contributed by atoms with Crippen molar-refractivity contribution in [2.75, 3.05) is 5.32 Å². The third kappa shape index (κ3) is 4.61. The summed E-state index contributed by atoms with van der Waals surface area (Å²) in [6.45, 7) is 0.123. The molecular weight excluding hydrogens is 413 g/mol. The maximum absolute atomic E-state index is 12.8. The van der Waals surface area contributed by atoms with Gasteiger partial charge in [0.15, 0.2) is 5.76 Å². The minimum absolute atomic E-state index is 0.123. The Morgan fingerprint density at radius 2 is 1.92 bits per heavy atom. The Bertz CT molecular complexity index is 896. The number of nitrogens with one attached hydrogen (secondary N) is 1. The summed E-state index contributed by atoms with van der Waals surface area (Å²) in [4.78, 5) is 12.2. The first-order chi connectivity index (χ1) is 12.0. The Morgan fingerprint density at radius 3 is 2.64 bits per heavy atom. The van der Waals surface area contributed by atoms with Crippen LogP contribution in [0.25, 0.3) is 0 Å². The SMILES string of the molecule is O=C(Nc1ccc(Br)cc1Cl)c1ccc(COc2ccc(F)cc2)o1. The molecule has 3 aromatic rings. The molecule has 7 heteroatoms. The molecule has 0 radical (unpaired) electrons. The number of carbonyl (C=O) groups excluding carboxylic acids is 1. The van der Waals surface area contributed by atoms with Crippen LogP contribution in [-0.4, -0.2) is 5.91 Å². The monoisotopic (exact) mass is 423 g/mol. The number of hydrogen-bond acceptors (Lipinski definition) is 3. The van der Waals surface area contributed by atoms with E-state index in [9.17, 15) is 9.18 Å². The van der Waals surface area contributed by atoms with E-state index in [1.165, 1.54) is 24.3 Å². The number of rotatable bonds is 5.